The van der Waals surface area contributed by atoms with Crippen molar-refractivity contribution in [2.45, 2.75) is 19.3 Å². The zero-order valence-electron chi connectivity index (χ0n) is 11.2. The summed E-state index contributed by atoms with van der Waals surface area (Å²) in [5.41, 5.74) is 5.64. The number of thiophene rings is 1. The largest absolute Gasteiger partial charge is 0.330 e. The Labute approximate surface area is 132 Å². The van der Waals surface area contributed by atoms with Crippen molar-refractivity contribution in [2.75, 3.05) is 26.2 Å². The van der Waals surface area contributed by atoms with E-state index in [-0.39, 0.29) is 5.92 Å². The highest BCUT2D eigenvalue weighted by molar-refractivity contribution is 9.11. The zero-order valence-corrected chi connectivity index (χ0v) is 14.4. The minimum atomic E-state index is -3.37. The lowest BCUT2D eigenvalue weighted by molar-refractivity contribution is 0.269. The number of halogens is 1. The number of hydrogen-bond acceptors (Lipinski definition) is 4. The molecule has 1 aliphatic rings. The Bertz CT molecular complexity index is 533. The van der Waals surface area contributed by atoms with E-state index >= 15 is 0 Å². The van der Waals surface area contributed by atoms with Gasteiger partial charge in [0, 0.05) is 24.5 Å². The van der Waals surface area contributed by atoms with Gasteiger partial charge in [-0.25, -0.2) is 4.72 Å². The highest BCUT2D eigenvalue weighted by atomic mass is 79.9. The summed E-state index contributed by atoms with van der Waals surface area (Å²) in [6, 6.07) is 3.99. The van der Waals surface area contributed by atoms with E-state index in [1.54, 1.807) is 11.3 Å². The van der Waals surface area contributed by atoms with E-state index in [4.69, 9.17) is 5.73 Å². The topological polar surface area (TPSA) is 75.4 Å². The number of hydrogen-bond donors (Lipinski definition) is 2. The Morgan fingerprint density at radius 3 is 2.95 bits per heavy atom. The number of nitrogens with one attached hydrogen (secondary N) is 1. The predicted octanol–water partition coefficient (Wildman–Crippen LogP) is 1.56. The van der Waals surface area contributed by atoms with Crippen molar-refractivity contribution in [1.82, 2.24) is 9.03 Å². The number of piperidine rings is 1. The molecule has 20 heavy (non-hydrogen) atoms. The smallest absolute Gasteiger partial charge is 0.279 e. The average molecular weight is 382 g/mol. The van der Waals surface area contributed by atoms with Crippen LogP contribution in [0.5, 0.6) is 0 Å². The van der Waals surface area contributed by atoms with Crippen molar-refractivity contribution in [1.29, 1.82) is 0 Å². The fourth-order valence-corrected chi connectivity index (χ4v) is 5.12. The van der Waals surface area contributed by atoms with Crippen LogP contribution in [0.25, 0.3) is 0 Å². The molecule has 5 nitrogen and oxygen atoms in total. The summed E-state index contributed by atoms with van der Waals surface area (Å²) in [4.78, 5) is 1.16. The van der Waals surface area contributed by atoms with Gasteiger partial charge >= 0.3 is 0 Å². The van der Waals surface area contributed by atoms with Crippen LogP contribution in [0, 0.1) is 5.92 Å². The SMILES string of the molecule is NCC1CCCN(S(=O)(=O)NCCc2ccc(Br)s2)C1. The van der Waals surface area contributed by atoms with Crippen LogP contribution >= 0.6 is 27.3 Å². The third-order valence-corrected chi connectivity index (χ3v) is 6.70. The minimum Gasteiger partial charge on any atom is -0.330 e. The molecule has 114 valence electrons. The monoisotopic (exact) mass is 381 g/mol. The predicted molar refractivity (Wildman–Crippen MR) is 86.0 cm³/mol. The Hall–Kier alpha value is 0.01000. The molecule has 2 heterocycles. The summed E-state index contributed by atoms with van der Waals surface area (Å²) < 4.78 is 29.7. The molecule has 0 saturated carbocycles. The van der Waals surface area contributed by atoms with Crippen molar-refractivity contribution in [3.05, 3.63) is 20.8 Å². The lowest BCUT2D eigenvalue weighted by atomic mass is 10.0. The third kappa shape index (κ3) is 4.51. The quantitative estimate of drug-likeness (QED) is 0.784. The van der Waals surface area contributed by atoms with Gasteiger partial charge in [-0.3, -0.25) is 0 Å². The van der Waals surface area contributed by atoms with Crippen molar-refractivity contribution >= 4 is 37.5 Å². The fraction of sp³-hybridized carbons (Fsp3) is 0.667. The second-order valence-electron chi connectivity index (χ2n) is 4.96. The van der Waals surface area contributed by atoms with Gasteiger partial charge in [0.2, 0.25) is 0 Å². The second-order valence-corrected chi connectivity index (χ2v) is 9.26. The summed E-state index contributed by atoms with van der Waals surface area (Å²) in [6.07, 6.45) is 2.62. The molecule has 1 atom stereocenters. The summed E-state index contributed by atoms with van der Waals surface area (Å²) in [5, 5.41) is 0. The molecule has 1 aliphatic heterocycles. The van der Waals surface area contributed by atoms with Gasteiger partial charge in [-0.1, -0.05) is 0 Å². The molecule has 8 heteroatoms. The van der Waals surface area contributed by atoms with E-state index in [9.17, 15) is 8.42 Å². The molecular weight excluding hydrogens is 362 g/mol. The molecule has 1 saturated heterocycles. The van der Waals surface area contributed by atoms with Crippen LogP contribution in [0.15, 0.2) is 15.9 Å². The molecule has 0 amide bonds. The van der Waals surface area contributed by atoms with E-state index in [0.717, 1.165) is 21.5 Å². The first-order chi connectivity index (χ1) is 9.51. The van der Waals surface area contributed by atoms with Gasteiger partial charge in [0.15, 0.2) is 0 Å². The molecule has 1 unspecified atom stereocenters. The van der Waals surface area contributed by atoms with Gasteiger partial charge in [-0.2, -0.15) is 12.7 Å². The van der Waals surface area contributed by atoms with Crippen LogP contribution in [-0.2, 0) is 16.6 Å². The lowest BCUT2D eigenvalue weighted by Crippen LogP contribution is -2.47. The van der Waals surface area contributed by atoms with Gasteiger partial charge in [-0.15, -0.1) is 11.3 Å². The summed E-state index contributed by atoms with van der Waals surface area (Å²) in [6.45, 7) is 2.11. The fourth-order valence-electron chi connectivity index (χ4n) is 2.32. The highest BCUT2D eigenvalue weighted by Crippen LogP contribution is 2.22. The van der Waals surface area contributed by atoms with E-state index in [1.807, 2.05) is 12.1 Å². The molecule has 2 rings (SSSR count). The number of rotatable bonds is 6. The first-order valence-corrected chi connectivity index (χ1v) is 9.75. The molecule has 0 radical (unpaired) electrons. The maximum Gasteiger partial charge on any atom is 0.279 e. The Morgan fingerprint density at radius 1 is 1.50 bits per heavy atom. The molecule has 3 N–H and O–H groups in total. The van der Waals surface area contributed by atoms with Crippen LogP contribution in [0.4, 0.5) is 0 Å². The van der Waals surface area contributed by atoms with Crippen LogP contribution < -0.4 is 10.5 Å². The van der Waals surface area contributed by atoms with Gasteiger partial charge in [0.25, 0.3) is 10.2 Å². The number of nitrogens with two attached hydrogens (primary N) is 1. The van der Waals surface area contributed by atoms with E-state index in [0.29, 0.717) is 32.6 Å². The zero-order chi connectivity index (χ0) is 14.6. The standard InChI is InChI=1S/C12H20BrN3O2S2/c13-12-4-3-11(19-12)5-6-15-20(17,18)16-7-1-2-10(8-14)9-16/h3-4,10,15H,1-2,5-9,14H2. The molecule has 1 fully saturated rings. The van der Waals surface area contributed by atoms with E-state index in [2.05, 4.69) is 20.7 Å². The molecule has 0 aromatic carbocycles. The van der Waals surface area contributed by atoms with Crippen LogP contribution in [0.2, 0.25) is 0 Å². The van der Waals surface area contributed by atoms with Gasteiger partial charge in [0.05, 0.1) is 3.79 Å². The minimum absolute atomic E-state index is 0.286. The molecular formula is C12H20BrN3O2S2. The average Bonchev–Trinajstić information content (AvgIpc) is 2.84. The number of nitrogens with zero attached hydrogens (tertiary/aromatic N) is 1. The highest BCUT2D eigenvalue weighted by Gasteiger charge is 2.27. The Morgan fingerprint density at radius 2 is 2.30 bits per heavy atom. The van der Waals surface area contributed by atoms with Crippen LogP contribution in [-0.4, -0.2) is 38.9 Å². The molecule has 1 aromatic heterocycles. The van der Waals surface area contributed by atoms with Gasteiger partial charge in [0.1, 0.15) is 0 Å². The molecule has 0 bridgehead atoms. The lowest BCUT2D eigenvalue weighted by Gasteiger charge is -2.31. The van der Waals surface area contributed by atoms with Crippen molar-refractivity contribution in [2.24, 2.45) is 11.7 Å². The van der Waals surface area contributed by atoms with E-state index < -0.39 is 10.2 Å². The third-order valence-electron chi connectivity index (χ3n) is 3.44. The van der Waals surface area contributed by atoms with Crippen molar-refractivity contribution in [3.63, 3.8) is 0 Å². The molecule has 0 aliphatic carbocycles. The van der Waals surface area contributed by atoms with Crippen LogP contribution in [0.3, 0.4) is 0 Å². The summed E-state index contributed by atoms with van der Waals surface area (Å²) in [7, 11) is -3.37. The molecule has 0 spiro atoms. The maximum atomic E-state index is 12.2. The molecule has 1 aromatic rings. The van der Waals surface area contributed by atoms with E-state index in [1.165, 1.54) is 4.31 Å². The van der Waals surface area contributed by atoms with Crippen molar-refractivity contribution < 1.29 is 8.42 Å². The summed E-state index contributed by atoms with van der Waals surface area (Å²) >= 11 is 5.03. The maximum absolute atomic E-state index is 12.2. The van der Waals surface area contributed by atoms with Gasteiger partial charge in [-0.05, 0) is 59.8 Å². The second kappa shape index (κ2) is 7.33. The van der Waals surface area contributed by atoms with Gasteiger partial charge < -0.3 is 5.73 Å². The van der Waals surface area contributed by atoms with Crippen molar-refractivity contribution in [3.8, 4) is 0 Å². The Balaban J connectivity index is 1.84. The van der Waals surface area contributed by atoms with Crippen LogP contribution in [0.1, 0.15) is 17.7 Å². The first-order valence-electron chi connectivity index (χ1n) is 6.70. The normalized spacial score (nSPS) is 21.2. The first kappa shape index (κ1) is 16.4. The summed E-state index contributed by atoms with van der Waals surface area (Å²) in [5.74, 6) is 0.286. The Kier molecular flexibility index (Phi) is 6.00.